The zero-order valence-corrected chi connectivity index (χ0v) is 11.2. The van der Waals surface area contributed by atoms with Crippen molar-refractivity contribution in [3.8, 4) is 0 Å². The third-order valence-corrected chi connectivity index (χ3v) is 3.61. The number of nitrogens with zero attached hydrogens (tertiary/aromatic N) is 4. The molecule has 8 nitrogen and oxygen atoms in total. The minimum atomic E-state index is -0.552. The smallest absolute Gasteiger partial charge is 0.288 e. The van der Waals surface area contributed by atoms with Gasteiger partial charge in [-0.1, -0.05) is 18.5 Å². The van der Waals surface area contributed by atoms with Crippen LogP contribution in [0, 0.1) is 16.0 Å². The molecule has 1 saturated heterocycles. The topological polar surface area (TPSA) is 118 Å². The number of pyridine rings is 1. The Kier molecular flexibility index (Phi) is 4.02. The Labute approximate surface area is 116 Å². The van der Waals surface area contributed by atoms with Crippen LogP contribution in [0.5, 0.6) is 0 Å². The lowest BCUT2D eigenvalue weighted by molar-refractivity contribution is -0.385. The van der Waals surface area contributed by atoms with Crippen molar-refractivity contribution in [3.05, 3.63) is 27.9 Å². The van der Waals surface area contributed by atoms with Gasteiger partial charge in [0.1, 0.15) is 12.0 Å². The highest BCUT2D eigenvalue weighted by atomic mass is 16.6. The van der Waals surface area contributed by atoms with Crippen LogP contribution in [0.3, 0.4) is 0 Å². The Morgan fingerprint density at radius 3 is 3.05 bits per heavy atom. The van der Waals surface area contributed by atoms with Crippen LogP contribution >= 0.6 is 0 Å². The second kappa shape index (κ2) is 5.72. The minimum Gasteiger partial charge on any atom is -0.409 e. The zero-order chi connectivity index (χ0) is 14.7. The van der Waals surface area contributed by atoms with Crippen molar-refractivity contribution in [3.63, 3.8) is 0 Å². The molecule has 20 heavy (non-hydrogen) atoms. The van der Waals surface area contributed by atoms with Gasteiger partial charge in [-0.25, -0.2) is 4.98 Å². The Morgan fingerprint density at radius 2 is 2.50 bits per heavy atom. The van der Waals surface area contributed by atoms with E-state index < -0.39 is 4.92 Å². The van der Waals surface area contributed by atoms with Crippen molar-refractivity contribution < 1.29 is 10.1 Å². The first-order valence-corrected chi connectivity index (χ1v) is 6.44. The molecule has 0 amide bonds. The summed E-state index contributed by atoms with van der Waals surface area (Å²) in [6.45, 7) is 3.77. The molecule has 2 rings (SSSR count). The Bertz CT molecular complexity index is 546. The van der Waals surface area contributed by atoms with Crippen molar-refractivity contribution in [1.82, 2.24) is 4.98 Å². The van der Waals surface area contributed by atoms with E-state index in [-0.39, 0.29) is 11.5 Å². The van der Waals surface area contributed by atoms with Crippen LogP contribution in [-0.2, 0) is 0 Å². The van der Waals surface area contributed by atoms with Crippen molar-refractivity contribution in [2.24, 2.45) is 16.8 Å². The monoisotopic (exact) mass is 279 g/mol. The van der Waals surface area contributed by atoms with E-state index >= 15 is 0 Å². The first-order valence-electron chi connectivity index (χ1n) is 6.44. The SMILES string of the molecule is CCC1CCN(c2ncc([N+](=O)[O-])cc2C(N)=NO)C1. The summed E-state index contributed by atoms with van der Waals surface area (Å²) < 4.78 is 0. The first kappa shape index (κ1) is 14.0. The van der Waals surface area contributed by atoms with Crippen LogP contribution in [0.25, 0.3) is 0 Å². The summed E-state index contributed by atoms with van der Waals surface area (Å²) >= 11 is 0. The van der Waals surface area contributed by atoms with Gasteiger partial charge in [-0.05, 0) is 12.3 Å². The van der Waals surface area contributed by atoms with Crippen LogP contribution in [0.1, 0.15) is 25.3 Å². The number of aromatic nitrogens is 1. The summed E-state index contributed by atoms with van der Waals surface area (Å²) in [7, 11) is 0. The van der Waals surface area contributed by atoms with Gasteiger partial charge in [0.25, 0.3) is 5.69 Å². The molecule has 1 aromatic heterocycles. The highest BCUT2D eigenvalue weighted by molar-refractivity contribution is 6.02. The maximum Gasteiger partial charge on any atom is 0.288 e. The molecule has 1 aromatic rings. The van der Waals surface area contributed by atoms with Gasteiger partial charge in [-0.3, -0.25) is 10.1 Å². The molecule has 0 radical (unpaired) electrons. The van der Waals surface area contributed by atoms with Crippen LogP contribution in [0.4, 0.5) is 11.5 Å². The number of nitro groups is 1. The normalized spacial score (nSPS) is 19.4. The summed E-state index contributed by atoms with van der Waals surface area (Å²) in [5, 5.41) is 22.6. The molecular formula is C12H17N5O3. The van der Waals surface area contributed by atoms with E-state index in [1.165, 1.54) is 12.3 Å². The van der Waals surface area contributed by atoms with Gasteiger partial charge in [0.15, 0.2) is 5.84 Å². The van der Waals surface area contributed by atoms with Crippen molar-refractivity contribution in [2.45, 2.75) is 19.8 Å². The number of nitrogens with two attached hydrogens (primary N) is 1. The van der Waals surface area contributed by atoms with E-state index in [4.69, 9.17) is 10.9 Å². The van der Waals surface area contributed by atoms with Gasteiger partial charge in [-0.15, -0.1) is 0 Å². The molecule has 1 aliphatic heterocycles. The molecule has 3 N–H and O–H groups in total. The van der Waals surface area contributed by atoms with Crippen LogP contribution in [-0.4, -0.2) is 34.0 Å². The van der Waals surface area contributed by atoms with E-state index in [9.17, 15) is 10.1 Å². The van der Waals surface area contributed by atoms with Gasteiger partial charge >= 0.3 is 0 Å². The van der Waals surface area contributed by atoms with Crippen LogP contribution in [0.15, 0.2) is 17.4 Å². The molecule has 1 atom stereocenters. The molecular weight excluding hydrogens is 262 g/mol. The van der Waals surface area contributed by atoms with E-state index in [0.29, 0.717) is 17.3 Å². The minimum absolute atomic E-state index is 0.170. The molecule has 0 aliphatic carbocycles. The van der Waals surface area contributed by atoms with Crippen LogP contribution in [0.2, 0.25) is 0 Å². The Morgan fingerprint density at radius 1 is 1.75 bits per heavy atom. The summed E-state index contributed by atoms with van der Waals surface area (Å²) in [6.07, 6.45) is 3.32. The van der Waals surface area contributed by atoms with Crippen molar-refractivity contribution in [1.29, 1.82) is 0 Å². The number of oxime groups is 1. The Hall–Kier alpha value is -2.38. The molecule has 8 heteroatoms. The first-order chi connectivity index (χ1) is 9.56. The van der Waals surface area contributed by atoms with Gasteiger partial charge in [0, 0.05) is 19.2 Å². The fraction of sp³-hybridized carbons (Fsp3) is 0.500. The fourth-order valence-electron chi connectivity index (χ4n) is 2.40. The number of hydrogen-bond acceptors (Lipinski definition) is 6. The van der Waals surface area contributed by atoms with Gasteiger partial charge in [0.2, 0.25) is 0 Å². The summed E-state index contributed by atoms with van der Waals surface area (Å²) in [5.74, 6) is 0.935. The molecule has 1 aliphatic rings. The highest BCUT2D eigenvalue weighted by Gasteiger charge is 2.26. The second-order valence-electron chi connectivity index (χ2n) is 4.82. The lowest BCUT2D eigenvalue weighted by Crippen LogP contribution is -2.26. The van der Waals surface area contributed by atoms with Gasteiger partial charge < -0.3 is 15.8 Å². The third kappa shape index (κ3) is 2.63. The number of rotatable bonds is 4. The van der Waals surface area contributed by atoms with E-state index in [2.05, 4.69) is 17.1 Å². The molecule has 1 unspecified atom stereocenters. The average molecular weight is 279 g/mol. The van der Waals surface area contributed by atoms with E-state index in [0.717, 1.165) is 25.9 Å². The molecule has 0 saturated carbocycles. The number of hydrogen-bond donors (Lipinski definition) is 2. The quantitative estimate of drug-likeness (QED) is 0.282. The summed E-state index contributed by atoms with van der Waals surface area (Å²) in [6, 6.07) is 1.29. The van der Waals surface area contributed by atoms with Crippen molar-refractivity contribution in [2.75, 3.05) is 18.0 Å². The summed E-state index contributed by atoms with van der Waals surface area (Å²) in [4.78, 5) is 16.4. The average Bonchev–Trinajstić information content (AvgIpc) is 2.94. The molecule has 2 heterocycles. The molecule has 1 fully saturated rings. The number of amidine groups is 1. The lowest BCUT2D eigenvalue weighted by atomic mass is 10.1. The van der Waals surface area contributed by atoms with E-state index in [1.54, 1.807) is 0 Å². The predicted octanol–water partition coefficient (Wildman–Crippen LogP) is 1.32. The predicted molar refractivity (Wildman–Crippen MR) is 74.0 cm³/mol. The highest BCUT2D eigenvalue weighted by Crippen LogP contribution is 2.28. The molecule has 108 valence electrons. The number of anilines is 1. The lowest BCUT2D eigenvalue weighted by Gasteiger charge is -2.19. The Balaban J connectivity index is 2.40. The largest absolute Gasteiger partial charge is 0.409 e. The molecule has 0 aromatic carbocycles. The standard InChI is InChI=1S/C12H17N5O3/c1-2-8-3-4-16(7-8)12-10(11(13)15-18)5-9(6-14-12)17(19)20/h5-6,8,18H,2-4,7H2,1H3,(H2,13,15). The second-order valence-corrected chi connectivity index (χ2v) is 4.82. The van der Waals surface area contributed by atoms with Gasteiger partial charge in [0.05, 0.1) is 10.5 Å². The molecule has 0 bridgehead atoms. The van der Waals surface area contributed by atoms with Crippen molar-refractivity contribution >= 4 is 17.3 Å². The third-order valence-electron chi connectivity index (χ3n) is 3.61. The van der Waals surface area contributed by atoms with E-state index in [1.807, 2.05) is 4.90 Å². The maximum absolute atomic E-state index is 10.8. The molecule has 0 spiro atoms. The van der Waals surface area contributed by atoms with Crippen LogP contribution < -0.4 is 10.6 Å². The fourth-order valence-corrected chi connectivity index (χ4v) is 2.40. The zero-order valence-electron chi connectivity index (χ0n) is 11.2. The summed E-state index contributed by atoms with van der Waals surface area (Å²) in [5.41, 5.74) is 5.72. The van der Waals surface area contributed by atoms with Gasteiger partial charge in [-0.2, -0.15) is 0 Å². The maximum atomic E-state index is 10.8.